The van der Waals surface area contributed by atoms with Gasteiger partial charge in [-0.1, -0.05) is 18.2 Å². The van der Waals surface area contributed by atoms with E-state index in [-0.39, 0.29) is 12.0 Å². The Morgan fingerprint density at radius 1 is 1.32 bits per heavy atom. The van der Waals surface area contributed by atoms with Crippen LogP contribution in [-0.4, -0.2) is 43.5 Å². The van der Waals surface area contributed by atoms with Crippen molar-refractivity contribution >= 4 is 23.2 Å². The zero-order valence-corrected chi connectivity index (χ0v) is 11.2. The van der Waals surface area contributed by atoms with Gasteiger partial charge in [-0.2, -0.15) is 0 Å². The summed E-state index contributed by atoms with van der Waals surface area (Å²) in [5, 5.41) is 5.86. The molecule has 1 atom stereocenters. The molecule has 1 saturated heterocycles. The van der Waals surface area contributed by atoms with Crippen LogP contribution in [-0.2, 0) is 9.47 Å². The Labute approximate surface area is 117 Å². The maximum Gasteiger partial charge on any atom is 0.257 e. The summed E-state index contributed by atoms with van der Waals surface area (Å²) in [4.78, 5) is 11.8. The van der Waals surface area contributed by atoms with E-state index in [1.807, 2.05) is 6.07 Å². The molecule has 102 valence electrons. The fourth-order valence-corrected chi connectivity index (χ4v) is 1.85. The van der Waals surface area contributed by atoms with Crippen LogP contribution in [0.4, 0.5) is 0 Å². The SMILES string of the molecule is O=C(NC(=S)NCC1COCCO1)c1ccccc1. The topological polar surface area (TPSA) is 59.6 Å². The van der Waals surface area contributed by atoms with Crippen LogP contribution >= 0.6 is 12.2 Å². The lowest BCUT2D eigenvalue weighted by atomic mass is 10.2. The van der Waals surface area contributed by atoms with Crippen LogP contribution in [0.1, 0.15) is 10.4 Å². The van der Waals surface area contributed by atoms with Crippen molar-refractivity contribution in [3.63, 3.8) is 0 Å². The van der Waals surface area contributed by atoms with Crippen LogP contribution < -0.4 is 10.6 Å². The summed E-state index contributed by atoms with van der Waals surface area (Å²) < 4.78 is 10.7. The molecule has 1 aromatic rings. The summed E-state index contributed by atoms with van der Waals surface area (Å²) in [6, 6.07) is 8.93. The van der Waals surface area contributed by atoms with Gasteiger partial charge in [-0.25, -0.2) is 0 Å². The molecule has 1 amide bonds. The molecule has 1 heterocycles. The molecule has 0 radical (unpaired) electrons. The fourth-order valence-electron chi connectivity index (χ4n) is 1.67. The Kier molecular flexibility index (Phi) is 5.26. The Morgan fingerprint density at radius 3 is 2.79 bits per heavy atom. The van der Waals surface area contributed by atoms with Crippen molar-refractivity contribution in [2.24, 2.45) is 0 Å². The zero-order valence-electron chi connectivity index (χ0n) is 10.4. The van der Waals surface area contributed by atoms with Crippen LogP contribution in [0.2, 0.25) is 0 Å². The lowest BCUT2D eigenvalue weighted by Gasteiger charge is -2.23. The lowest BCUT2D eigenvalue weighted by Crippen LogP contribution is -2.45. The highest BCUT2D eigenvalue weighted by molar-refractivity contribution is 7.80. The van der Waals surface area contributed by atoms with Crippen molar-refractivity contribution in [2.45, 2.75) is 6.10 Å². The molecule has 0 spiro atoms. The van der Waals surface area contributed by atoms with Gasteiger partial charge in [0.25, 0.3) is 5.91 Å². The summed E-state index contributed by atoms with van der Waals surface area (Å²) in [5.41, 5.74) is 0.573. The molecule has 19 heavy (non-hydrogen) atoms. The van der Waals surface area contributed by atoms with Crippen molar-refractivity contribution in [3.8, 4) is 0 Å². The van der Waals surface area contributed by atoms with Crippen LogP contribution in [0.25, 0.3) is 0 Å². The largest absolute Gasteiger partial charge is 0.376 e. The van der Waals surface area contributed by atoms with Crippen molar-refractivity contribution in [2.75, 3.05) is 26.4 Å². The normalized spacial score (nSPS) is 18.6. The number of hydrogen-bond acceptors (Lipinski definition) is 4. The van der Waals surface area contributed by atoms with Gasteiger partial charge in [-0.3, -0.25) is 10.1 Å². The van der Waals surface area contributed by atoms with E-state index in [9.17, 15) is 4.79 Å². The number of benzene rings is 1. The number of nitrogens with one attached hydrogen (secondary N) is 2. The molecule has 6 heteroatoms. The molecule has 5 nitrogen and oxygen atoms in total. The minimum Gasteiger partial charge on any atom is -0.376 e. The van der Waals surface area contributed by atoms with Crippen molar-refractivity contribution in [1.82, 2.24) is 10.6 Å². The Morgan fingerprint density at radius 2 is 2.11 bits per heavy atom. The van der Waals surface area contributed by atoms with E-state index in [4.69, 9.17) is 21.7 Å². The summed E-state index contributed by atoms with van der Waals surface area (Å²) in [6.07, 6.45) is -0.0275. The van der Waals surface area contributed by atoms with Gasteiger partial charge in [-0.15, -0.1) is 0 Å². The van der Waals surface area contributed by atoms with Gasteiger partial charge in [0.15, 0.2) is 5.11 Å². The van der Waals surface area contributed by atoms with E-state index in [1.165, 1.54) is 0 Å². The molecule has 1 fully saturated rings. The molecule has 2 rings (SSSR count). The second kappa shape index (κ2) is 7.18. The molecule has 1 aliphatic heterocycles. The van der Waals surface area contributed by atoms with E-state index in [2.05, 4.69) is 10.6 Å². The van der Waals surface area contributed by atoms with E-state index in [0.29, 0.717) is 37.0 Å². The van der Waals surface area contributed by atoms with Gasteiger partial charge in [-0.05, 0) is 24.4 Å². The number of carbonyl (C=O) groups excluding carboxylic acids is 1. The van der Waals surface area contributed by atoms with Gasteiger partial charge in [0.2, 0.25) is 0 Å². The Hall–Kier alpha value is -1.50. The highest BCUT2D eigenvalue weighted by atomic mass is 32.1. The molecule has 1 aromatic carbocycles. The molecule has 0 aliphatic carbocycles. The van der Waals surface area contributed by atoms with Gasteiger partial charge in [0.1, 0.15) is 0 Å². The molecule has 1 unspecified atom stereocenters. The Balaban J connectivity index is 1.73. The van der Waals surface area contributed by atoms with Gasteiger partial charge >= 0.3 is 0 Å². The first-order valence-electron chi connectivity index (χ1n) is 6.09. The summed E-state index contributed by atoms with van der Waals surface area (Å²) in [6.45, 7) is 2.29. The maximum absolute atomic E-state index is 11.8. The number of thiocarbonyl (C=S) groups is 1. The average Bonchev–Trinajstić information content (AvgIpc) is 2.47. The third-order valence-electron chi connectivity index (χ3n) is 2.64. The summed E-state index contributed by atoms with van der Waals surface area (Å²) in [7, 11) is 0. The fraction of sp³-hybridized carbons (Fsp3) is 0.385. The predicted molar refractivity (Wildman–Crippen MR) is 75.1 cm³/mol. The second-order valence-electron chi connectivity index (χ2n) is 4.10. The monoisotopic (exact) mass is 280 g/mol. The number of carbonyl (C=O) groups is 1. The molecule has 2 N–H and O–H groups in total. The first kappa shape index (κ1) is 13.9. The maximum atomic E-state index is 11.8. The van der Waals surface area contributed by atoms with Crippen LogP contribution in [0.3, 0.4) is 0 Å². The molecule has 1 aliphatic rings. The molecular weight excluding hydrogens is 264 g/mol. The van der Waals surface area contributed by atoms with Crippen molar-refractivity contribution in [3.05, 3.63) is 35.9 Å². The third-order valence-corrected chi connectivity index (χ3v) is 2.88. The van der Waals surface area contributed by atoms with Gasteiger partial charge in [0, 0.05) is 12.1 Å². The smallest absolute Gasteiger partial charge is 0.257 e. The molecule has 0 bridgehead atoms. The first-order valence-corrected chi connectivity index (χ1v) is 6.50. The number of hydrogen-bond donors (Lipinski definition) is 2. The summed E-state index contributed by atoms with van der Waals surface area (Å²) in [5.74, 6) is -0.223. The number of amides is 1. The molecule has 0 saturated carbocycles. The zero-order chi connectivity index (χ0) is 13.5. The standard InChI is InChI=1S/C13H16N2O3S/c16-12(10-4-2-1-3-5-10)15-13(19)14-8-11-9-17-6-7-18-11/h1-5,11H,6-9H2,(H2,14,15,16,19). The minimum atomic E-state index is -0.223. The summed E-state index contributed by atoms with van der Waals surface area (Å²) >= 11 is 5.06. The van der Waals surface area contributed by atoms with Crippen LogP contribution in [0, 0.1) is 0 Å². The predicted octanol–water partition coefficient (Wildman–Crippen LogP) is 0.706. The van der Waals surface area contributed by atoms with Crippen molar-refractivity contribution in [1.29, 1.82) is 0 Å². The second-order valence-corrected chi connectivity index (χ2v) is 4.51. The minimum absolute atomic E-state index is 0.0275. The van der Waals surface area contributed by atoms with Gasteiger partial charge < -0.3 is 14.8 Å². The van der Waals surface area contributed by atoms with E-state index < -0.39 is 0 Å². The highest BCUT2D eigenvalue weighted by Crippen LogP contribution is 1.99. The van der Waals surface area contributed by atoms with E-state index in [0.717, 1.165) is 0 Å². The van der Waals surface area contributed by atoms with Crippen LogP contribution in [0.15, 0.2) is 30.3 Å². The molecule has 0 aromatic heterocycles. The third kappa shape index (κ3) is 4.59. The van der Waals surface area contributed by atoms with E-state index >= 15 is 0 Å². The van der Waals surface area contributed by atoms with Gasteiger partial charge in [0.05, 0.1) is 25.9 Å². The quantitative estimate of drug-likeness (QED) is 0.799. The van der Waals surface area contributed by atoms with Crippen molar-refractivity contribution < 1.29 is 14.3 Å². The van der Waals surface area contributed by atoms with Crippen LogP contribution in [0.5, 0.6) is 0 Å². The number of ether oxygens (including phenoxy) is 2. The highest BCUT2D eigenvalue weighted by Gasteiger charge is 2.15. The first-order chi connectivity index (χ1) is 9.25. The lowest BCUT2D eigenvalue weighted by molar-refractivity contribution is -0.0849. The Bertz CT molecular complexity index is 433. The average molecular weight is 280 g/mol. The van der Waals surface area contributed by atoms with E-state index in [1.54, 1.807) is 24.3 Å². The number of rotatable bonds is 3. The molecular formula is C13H16N2O3S.